The van der Waals surface area contributed by atoms with E-state index in [1.54, 1.807) is 18.4 Å². The Kier molecular flexibility index (Phi) is 4.35. The van der Waals surface area contributed by atoms with Crippen molar-refractivity contribution < 1.29 is 9.59 Å². The zero-order valence-corrected chi connectivity index (χ0v) is 13.8. The van der Waals surface area contributed by atoms with Gasteiger partial charge in [0, 0.05) is 0 Å². The van der Waals surface area contributed by atoms with E-state index in [0.29, 0.717) is 15.7 Å². The lowest BCUT2D eigenvalue weighted by molar-refractivity contribution is -0.115. The third kappa shape index (κ3) is 3.38. The van der Waals surface area contributed by atoms with Gasteiger partial charge in [0.1, 0.15) is 5.00 Å². The van der Waals surface area contributed by atoms with Crippen LogP contribution in [0.5, 0.6) is 0 Å². The van der Waals surface area contributed by atoms with Crippen LogP contribution in [0.2, 0.25) is 0 Å². The number of rotatable bonds is 5. The number of anilines is 1. The van der Waals surface area contributed by atoms with Crippen molar-refractivity contribution in [3.8, 4) is 0 Å². The number of carbonyl (C=O) groups is 2. The maximum atomic E-state index is 12.3. The van der Waals surface area contributed by atoms with Crippen LogP contribution >= 0.6 is 23.1 Å². The van der Waals surface area contributed by atoms with E-state index in [-0.39, 0.29) is 11.2 Å². The molecule has 4 N–H and O–H groups in total. The fraction of sp³-hybridized carbons (Fsp3) is 0.133. The van der Waals surface area contributed by atoms with Gasteiger partial charge in [0.25, 0.3) is 5.91 Å². The third-order valence-electron chi connectivity index (χ3n) is 3.19. The number of amides is 2. The summed E-state index contributed by atoms with van der Waals surface area (Å²) < 4.78 is 0. The summed E-state index contributed by atoms with van der Waals surface area (Å²) in [5, 5.41) is 5.23. The normalized spacial score (nSPS) is 12.2. The summed E-state index contributed by atoms with van der Waals surface area (Å²) in [5.74, 6) is -0.764. The number of hydrogen-bond acceptors (Lipinski definition) is 5. The molecule has 0 aliphatic rings. The number of primary amides is 1. The van der Waals surface area contributed by atoms with Gasteiger partial charge >= 0.3 is 0 Å². The van der Waals surface area contributed by atoms with E-state index in [0.717, 1.165) is 11.0 Å². The number of nitrogens with two attached hydrogens (primary N) is 1. The summed E-state index contributed by atoms with van der Waals surface area (Å²) in [5.41, 5.74) is 7.38. The summed E-state index contributed by atoms with van der Waals surface area (Å²) in [4.78, 5) is 31.2. The molecule has 23 heavy (non-hydrogen) atoms. The number of H-pyrrole nitrogens is 1. The number of hydrogen-bond donors (Lipinski definition) is 3. The van der Waals surface area contributed by atoms with E-state index < -0.39 is 5.91 Å². The van der Waals surface area contributed by atoms with E-state index >= 15 is 0 Å². The summed E-state index contributed by atoms with van der Waals surface area (Å²) in [6, 6.07) is 9.27. The Labute approximate surface area is 140 Å². The first-order chi connectivity index (χ1) is 11.0. The molecule has 1 atom stereocenters. The van der Waals surface area contributed by atoms with E-state index in [2.05, 4.69) is 15.3 Å². The number of thiophene rings is 1. The minimum Gasteiger partial charge on any atom is -0.366 e. The van der Waals surface area contributed by atoms with Crippen molar-refractivity contribution in [2.75, 3.05) is 5.32 Å². The lowest BCUT2D eigenvalue weighted by Crippen LogP contribution is -2.23. The average molecular weight is 346 g/mol. The highest BCUT2D eigenvalue weighted by Crippen LogP contribution is 2.27. The molecule has 2 aromatic heterocycles. The Bertz CT molecular complexity index is 838. The van der Waals surface area contributed by atoms with Crippen LogP contribution < -0.4 is 11.1 Å². The largest absolute Gasteiger partial charge is 0.366 e. The molecule has 2 heterocycles. The smallest absolute Gasteiger partial charge is 0.251 e. The van der Waals surface area contributed by atoms with E-state index in [4.69, 9.17) is 5.73 Å². The van der Waals surface area contributed by atoms with Gasteiger partial charge in [-0.3, -0.25) is 9.59 Å². The van der Waals surface area contributed by atoms with Crippen LogP contribution in [-0.2, 0) is 4.79 Å². The van der Waals surface area contributed by atoms with E-state index in [1.165, 1.54) is 23.1 Å². The summed E-state index contributed by atoms with van der Waals surface area (Å²) in [7, 11) is 0. The van der Waals surface area contributed by atoms with Crippen molar-refractivity contribution in [3.63, 3.8) is 0 Å². The zero-order chi connectivity index (χ0) is 16.4. The second-order valence-corrected chi connectivity index (χ2v) is 7.08. The van der Waals surface area contributed by atoms with Crippen molar-refractivity contribution in [1.29, 1.82) is 0 Å². The minimum absolute atomic E-state index is 0.208. The molecule has 0 aliphatic carbocycles. The van der Waals surface area contributed by atoms with Crippen LogP contribution in [0.25, 0.3) is 11.0 Å². The first kappa shape index (κ1) is 15.6. The molecule has 1 aromatic carbocycles. The lowest BCUT2D eigenvalue weighted by atomic mass is 10.3. The molecule has 0 spiro atoms. The third-order valence-corrected chi connectivity index (χ3v) is 5.01. The van der Waals surface area contributed by atoms with Gasteiger partial charge in [-0.25, -0.2) is 4.98 Å². The predicted molar refractivity (Wildman–Crippen MR) is 92.9 cm³/mol. The Morgan fingerprint density at radius 3 is 2.87 bits per heavy atom. The van der Waals surface area contributed by atoms with Crippen LogP contribution in [0.1, 0.15) is 17.3 Å². The molecule has 2 amide bonds. The first-order valence-electron chi connectivity index (χ1n) is 6.84. The van der Waals surface area contributed by atoms with Crippen LogP contribution in [-0.4, -0.2) is 27.0 Å². The van der Waals surface area contributed by atoms with Gasteiger partial charge < -0.3 is 16.0 Å². The summed E-state index contributed by atoms with van der Waals surface area (Å²) in [6.45, 7) is 1.78. The molecule has 0 bridgehead atoms. The summed E-state index contributed by atoms with van der Waals surface area (Å²) >= 11 is 2.59. The first-order valence-corrected chi connectivity index (χ1v) is 8.60. The average Bonchev–Trinajstić information content (AvgIpc) is 3.12. The molecule has 8 heteroatoms. The minimum atomic E-state index is -0.556. The molecule has 3 rings (SSSR count). The van der Waals surface area contributed by atoms with Gasteiger partial charge in [-0.05, 0) is 30.5 Å². The zero-order valence-electron chi connectivity index (χ0n) is 12.2. The van der Waals surface area contributed by atoms with Crippen molar-refractivity contribution in [3.05, 3.63) is 41.3 Å². The van der Waals surface area contributed by atoms with Crippen molar-refractivity contribution in [2.45, 2.75) is 17.3 Å². The highest BCUT2D eigenvalue weighted by atomic mass is 32.2. The molecule has 0 fully saturated rings. The fourth-order valence-corrected chi connectivity index (χ4v) is 3.64. The van der Waals surface area contributed by atoms with Gasteiger partial charge in [-0.2, -0.15) is 0 Å². The standard InChI is InChI=1S/C15H14N4O2S2/c1-8(13(21)19-14-9(12(16)20)6-7-22-14)23-15-17-10-4-2-3-5-11(10)18-15/h2-8H,1H3,(H2,16,20)(H,17,18)(H,19,21)/t8-/m1/s1. The summed E-state index contributed by atoms with van der Waals surface area (Å²) in [6.07, 6.45) is 0. The number of carbonyl (C=O) groups excluding carboxylic acids is 2. The molecule has 0 saturated heterocycles. The number of aromatic nitrogens is 2. The topological polar surface area (TPSA) is 101 Å². The number of aromatic amines is 1. The number of thioether (sulfide) groups is 1. The Morgan fingerprint density at radius 1 is 1.35 bits per heavy atom. The second-order valence-electron chi connectivity index (χ2n) is 4.84. The number of nitrogens with zero attached hydrogens (tertiary/aromatic N) is 1. The van der Waals surface area contributed by atoms with Gasteiger partial charge in [0.05, 0.1) is 21.8 Å². The maximum Gasteiger partial charge on any atom is 0.251 e. The molecular formula is C15H14N4O2S2. The predicted octanol–water partition coefficient (Wildman–Crippen LogP) is 2.84. The van der Waals surface area contributed by atoms with Crippen LogP contribution in [0.3, 0.4) is 0 Å². The lowest BCUT2D eigenvalue weighted by Gasteiger charge is -2.10. The molecule has 0 saturated carbocycles. The second kappa shape index (κ2) is 6.43. The highest BCUT2D eigenvalue weighted by molar-refractivity contribution is 8.00. The molecule has 6 nitrogen and oxygen atoms in total. The van der Waals surface area contributed by atoms with Crippen LogP contribution in [0, 0.1) is 0 Å². The molecule has 0 radical (unpaired) electrons. The fourth-order valence-electron chi connectivity index (χ4n) is 2.02. The SMILES string of the molecule is C[C@@H](Sc1nc2ccccc2[nH]1)C(=O)Nc1sccc1C(N)=O. The number of benzene rings is 1. The van der Waals surface area contributed by atoms with Crippen molar-refractivity contribution in [2.24, 2.45) is 5.73 Å². The van der Waals surface area contributed by atoms with Crippen molar-refractivity contribution >= 4 is 50.9 Å². The number of para-hydroxylation sites is 2. The number of imidazole rings is 1. The highest BCUT2D eigenvalue weighted by Gasteiger charge is 2.19. The molecule has 3 aromatic rings. The Hall–Kier alpha value is -2.32. The number of fused-ring (bicyclic) bond motifs is 1. The Balaban J connectivity index is 1.69. The van der Waals surface area contributed by atoms with E-state index in [1.807, 2.05) is 24.3 Å². The molecule has 0 unspecified atom stereocenters. The monoisotopic (exact) mass is 346 g/mol. The van der Waals surface area contributed by atoms with Gasteiger partial charge in [-0.15, -0.1) is 11.3 Å². The van der Waals surface area contributed by atoms with Crippen LogP contribution in [0.15, 0.2) is 40.9 Å². The van der Waals surface area contributed by atoms with Gasteiger partial charge in [0.2, 0.25) is 5.91 Å². The van der Waals surface area contributed by atoms with Crippen LogP contribution in [0.4, 0.5) is 5.00 Å². The van der Waals surface area contributed by atoms with Crippen molar-refractivity contribution in [1.82, 2.24) is 9.97 Å². The van der Waals surface area contributed by atoms with Gasteiger partial charge in [0.15, 0.2) is 5.16 Å². The molecule has 118 valence electrons. The maximum absolute atomic E-state index is 12.3. The molecular weight excluding hydrogens is 332 g/mol. The number of nitrogens with one attached hydrogen (secondary N) is 2. The van der Waals surface area contributed by atoms with E-state index in [9.17, 15) is 9.59 Å². The Morgan fingerprint density at radius 2 is 2.13 bits per heavy atom. The quantitative estimate of drug-likeness (QED) is 0.618. The molecule has 0 aliphatic heterocycles. The van der Waals surface area contributed by atoms with Gasteiger partial charge in [-0.1, -0.05) is 23.9 Å².